The average molecular weight is 582 g/mol. The molecule has 4 heterocycles. The molecule has 10 heteroatoms. The summed E-state index contributed by atoms with van der Waals surface area (Å²) in [5.41, 5.74) is 4.22. The number of hydrogen-bond acceptors (Lipinski definition) is 6. The minimum Gasteiger partial charge on any atom is -0.267 e. The maximum absolute atomic E-state index is 13.6. The standard InChI is InChI=1S/C31H27N5O3S2/c1-21-9-8-16-34(19-21)41(38,39)25-13-7-10-22(17-25)29-23(20-35(33-29)24-11-3-2-4-12-24)18-28-30(37)36-27-15-6-5-14-26(27)32-31(36)40-28/h2-7,10-15,17-18,20-21H,8-9,16,19H2,1H3. The number of sulfonamides is 1. The van der Waals surface area contributed by atoms with E-state index in [-0.39, 0.29) is 10.5 Å². The average Bonchev–Trinajstić information content (AvgIpc) is 3.66. The molecule has 0 radical (unpaired) electrons. The van der Waals surface area contributed by atoms with Crippen LogP contribution < -0.4 is 10.1 Å². The Balaban J connectivity index is 1.38. The van der Waals surface area contributed by atoms with Crippen LogP contribution in [0, 0.1) is 5.92 Å². The number of rotatable bonds is 5. The summed E-state index contributed by atoms with van der Waals surface area (Å²) in [6, 6.07) is 24.2. The summed E-state index contributed by atoms with van der Waals surface area (Å²) in [5.74, 6) is 0.328. The number of imidazole rings is 1. The molecule has 1 atom stereocenters. The second kappa shape index (κ2) is 10.1. The van der Waals surface area contributed by atoms with Crippen molar-refractivity contribution >= 4 is 43.4 Å². The first kappa shape index (κ1) is 25.8. The first-order valence-electron chi connectivity index (χ1n) is 13.6. The summed E-state index contributed by atoms with van der Waals surface area (Å²) in [6.07, 6.45) is 5.59. The van der Waals surface area contributed by atoms with Crippen LogP contribution in [0.15, 0.2) is 94.7 Å². The minimum absolute atomic E-state index is 0.146. The van der Waals surface area contributed by atoms with Crippen molar-refractivity contribution in [2.75, 3.05) is 13.1 Å². The zero-order valence-corrected chi connectivity index (χ0v) is 24.0. The quantitative estimate of drug-likeness (QED) is 0.294. The lowest BCUT2D eigenvalue weighted by atomic mass is 10.0. The molecule has 1 aliphatic rings. The minimum atomic E-state index is -3.65. The second-order valence-corrected chi connectivity index (χ2v) is 13.4. The van der Waals surface area contributed by atoms with E-state index in [1.807, 2.05) is 72.9 Å². The highest BCUT2D eigenvalue weighted by Gasteiger charge is 2.29. The number of para-hydroxylation sites is 3. The molecule has 0 saturated carbocycles. The van der Waals surface area contributed by atoms with E-state index in [0.29, 0.717) is 45.3 Å². The predicted molar refractivity (Wildman–Crippen MR) is 162 cm³/mol. The molecule has 6 aromatic rings. The maximum Gasteiger partial charge on any atom is 0.274 e. The lowest BCUT2D eigenvalue weighted by Crippen LogP contribution is -2.39. The number of fused-ring (bicyclic) bond motifs is 3. The van der Waals surface area contributed by atoms with Crippen LogP contribution >= 0.6 is 11.3 Å². The number of thiazole rings is 1. The molecule has 0 N–H and O–H groups in total. The van der Waals surface area contributed by atoms with Crippen LogP contribution in [0.3, 0.4) is 0 Å². The normalized spacial score (nSPS) is 17.1. The molecule has 3 aromatic heterocycles. The van der Waals surface area contributed by atoms with Crippen molar-refractivity contribution in [2.24, 2.45) is 5.92 Å². The molecule has 41 heavy (non-hydrogen) atoms. The van der Waals surface area contributed by atoms with Gasteiger partial charge in [-0.15, -0.1) is 0 Å². The van der Waals surface area contributed by atoms with Crippen molar-refractivity contribution in [2.45, 2.75) is 24.7 Å². The zero-order chi connectivity index (χ0) is 28.1. The highest BCUT2D eigenvalue weighted by atomic mass is 32.2. The van der Waals surface area contributed by atoms with Gasteiger partial charge in [0.15, 0.2) is 4.96 Å². The fourth-order valence-electron chi connectivity index (χ4n) is 5.50. The Morgan fingerprint density at radius 2 is 1.80 bits per heavy atom. The van der Waals surface area contributed by atoms with Gasteiger partial charge in [-0.2, -0.15) is 9.40 Å². The lowest BCUT2D eigenvalue weighted by molar-refractivity contribution is 0.281. The molecule has 0 spiro atoms. The fraction of sp³-hybridized carbons (Fsp3) is 0.194. The molecule has 1 fully saturated rings. The van der Waals surface area contributed by atoms with Crippen LogP contribution in [-0.4, -0.2) is 45.0 Å². The Morgan fingerprint density at radius 1 is 1.00 bits per heavy atom. The molecular formula is C31H27N5O3S2. The van der Waals surface area contributed by atoms with Crippen molar-refractivity contribution in [3.05, 3.63) is 106 Å². The molecule has 0 bridgehead atoms. The van der Waals surface area contributed by atoms with Gasteiger partial charge >= 0.3 is 0 Å². The van der Waals surface area contributed by atoms with Crippen molar-refractivity contribution in [1.82, 2.24) is 23.5 Å². The van der Waals surface area contributed by atoms with Gasteiger partial charge < -0.3 is 0 Å². The van der Waals surface area contributed by atoms with Crippen molar-refractivity contribution < 1.29 is 8.42 Å². The monoisotopic (exact) mass is 581 g/mol. The molecule has 1 unspecified atom stereocenters. The zero-order valence-electron chi connectivity index (χ0n) is 22.3. The molecular weight excluding hydrogens is 555 g/mol. The summed E-state index contributed by atoms with van der Waals surface area (Å²) in [6.45, 7) is 3.14. The second-order valence-electron chi connectivity index (χ2n) is 10.5. The van der Waals surface area contributed by atoms with E-state index in [1.165, 1.54) is 11.3 Å². The summed E-state index contributed by atoms with van der Waals surface area (Å²) in [7, 11) is -3.65. The van der Waals surface area contributed by atoms with Crippen LogP contribution in [0.2, 0.25) is 0 Å². The maximum atomic E-state index is 13.6. The smallest absolute Gasteiger partial charge is 0.267 e. The van der Waals surface area contributed by atoms with Gasteiger partial charge in [0, 0.05) is 30.4 Å². The van der Waals surface area contributed by atoms with Gasteiger partial charge in [0.1, 0.15) is 5.69 Å². The van der Waals surface area contributed by atoms with Crippen LogP contribution in [0.4, 0.5) is 0 Å². The van der Waals surface area contributed by atoms with E-state index in [2.05, 4.69) is 11.9 Å². The van der Waals surface area contributed by atoms with E-state index in [9.17, 15) is 13.2 Å². The van der Waals surface area contributed by atoms with Crippen molar-refractivity contribution in [3.63, 3.8) is 0 Å². The van der Waals surface area contributed by atoms with E-state index >= 15 is 0 Å². The molecule has 0 aliphatic carbocycles. The number of nitrogens with zero attached hydrogens (tertiary/aromatic N) is 5. The molecule has 206 valence electrons. The van der Waals surface area contributed by atoms with Gasteiger partial charge in [0.2, 0.25) is 10.0 Å². The summed E-state index contributed by atoms with van der Waals surface area (Å²) < 4.78 is 32.7. The van der Waals surface area contributed by atoms with Crippen LogP contribution in [0.5, 0.6) is 0 Å². The highest BCUT2D eigenvalue weighted by molar-refractivity contribution is 7.89. The van der Waals surface area contributed by atoms with E-state index < -0.39 is 10.0 Å². The van der Waals surface area contributed by atoms with E-state index in [0.717, 1.165) is 29.6 Å². The molecule has 1 aliphatic heterocycles. The Bertz CT molecular complexity index is 2130. The molecule has 7 rings (SSSR count). The van der Waals surface area contributed by atoms with Gasteiger partial charge in [-0.1, -0.05) is 60.7 Å². The summed E-state index contributed by atoms with van der Waals surface area (Å²) >= 11 is 1.32. The molecule has 0 amide bonds. The van der Waals surface area contributed by atoms with Crippen LogP contribution in [0.25, 0.3) is 39.0 Å². The number of benzene rings is 3. The number of piperidine rings is 1. The van der Waals surface area contributed by atoms with Crippen LogP contribution in [-0.2, 0) is 10.0 Å². The Morgan fingerprint density at radius 3 is 2.63 bits per heavy atom. The fourth-order valence-corrected chi connectivity index (χ4v) is 8.12. The van der Waals surface area contributed by atoms with Gasteiger partial charge in [0.25, 0.3) is 5.56 Å². The Kier molecular flexibility index (Phi) is 6.33. The van der Waals surface area contributed by atoms with Gasteiger partial charge in [0.05, 0.1) is 26.1 Å². The predicted octanol–water partition coefficient (Wildman–Crippen LogP) is 4.73. The Labute approximate surface area is 240 Å². The van der Waals surface area contributed by atoms with E-state index in [4.69, 9.17) is 5.10 Å². The third-order valence-electron chi connectivity index (χ3n) is 7.56. The topological polar surface area (TPSA) is 89.6 Å². The first-order chi connectivity index (χ1) is 19.9. The van der Waals surface area contributed by atoms with Gasteiger partial charge in [-0.3, -0.25) is 4.79 Å². The Hall–Kier alpha value is -4.12. The molecule has 8 nitrogen and oxygen atoms in total. The SMILES string of the molecule is CC1CCCN(S(=O)(=O)c2cccc(-c3nn(-c4ccccc4)cc3C=c3sc4nc5ccccc5n4c3=O)c2)C1. The van der Waals surface area contributed by atoms with E-state index in [1.54, 1.807) is 31.6 Å². The van der Waals surface area contributed by atoms with Gasteiger partial charge in [-0.05, 0) is 61.2 Å². The number of aromatic nitrogens is 4. The largest absolute Gasteiger partial charge is 0.274 e. The molecule has 1 saturated heterocycles. The number of hydrogen-bond donors (Lipinski definition) is 0. The third-order valence-corrected chi connectivity index (χ3v) is 10.4. The third kappa shape index (κ3) is 4.57. The van der Waals surface area contributed by atoms with Crippen molar-refractivity contribution in [1.29, 1.82) is 0 Å². The van der Waals surface area contributed by atoms with Crippen molar-refractivity contribution in [3.8, 4) is 16.9 Å². The van der Waals surface area contributed by atoms with Gasteiger partial charge in [-0.25, -0.2) is 22.5 Å². The lowest BCUT2D eigenvalue weighted by Gasteiger charge is -2.30. The first-order valence-corrected chi connectivity index (χ1v) is 15.8. The summed E-state index contributed by atoms with van der Waals surface area (Å²) in [4.78, 5) is 19.0. The van der Waals surface area contributed by atoms with Crippen LogP contribution in [0.1, 0.15) is 25.3 Å². The summed E-state index contributed by atoms with van der Waals surface area (Å²) in [5, 5.41) is 4.87. The highest BCUT2D eigenvalue weighted by Crippen LogP contribution is 2.29. The molecule has 3 aromatic carbocycles.